The number of ketones is 1. The monoisotopic (exact) mass is 408 g/mol. The quantitative estimate of drug-likeness (QED) is 0.424. The van der Waals surface area contributed by atoms with Crippen molar-refractivity contribution in [1.29, 1.82) is 0 Å². The topological polar surface area (TPSA) is 117 Å². The van der Waals surface area contributed by atoms with Crippen LogP contribution in [0.25, 0.3) is 49.6 Å². The molecule has 0 spiro atoms. The molecule has 0 amide bonds. The van der Waals surface area contributed by atoms with E-state index >= 15 is 0 Å². The van der Waals surface area contributed by atoms with Crippen LogP contribution < -0.4 is 0 Å². The number of hydrogen-bond acceptors (Lipinski definition) is 6. The second-order valence-electron chi connectivity index (χ2n) is 7.05. The average Bonchev–Trinajstić information content (AvgIpc) is 3.42. The number of aromatic amines is 2. The van der Waals surface area contributed by atoms with Crippen molar-refractivity contribution in [1.82, 2.24) is 35.1 Å². The number of hydrogen-bond donors (Lipinski definition) is 2. The van der Waals surface area contributed by atoms with Crippen LogP contribution in [0.4, 0.5) is 5.69 Å². The molecule has 0 atom stereocenters. The maximum atomic E-state index is 11.6. The second-order valence-corrected chi connectivity index (χ2v) is 7.05. The molecule has 5 aromatic heterocycles. The predicted octanol–water partition coefficient (Wildman–Crippen LogP) is 4.03. The van der Waals surface area contributed by atoms with Crippen molar-refractivity contribution in [3.05, 3.63) is 60.1 Å². The number of fused-ring (bicyclic) bond motifs is 2. The van der Waals surface area contributed by atoms with E-state index in [-0.39, 0.29) is 5.78 Å². The van der Waals surface area contributed by atoms with Crippen LogP contribution in [0.15, 0.2) is 43.0 Å². The molecule has 9 heteroatoms. The predicted molar refractivity (Wildman–Crippen MR) is 115 cm³/mol. The first-order valence-electron chi connectivity index (χ1n) is 9.69. The van der Waals surface area contributed by atoms with Crippen LogP contribution in [0.1, 0.15) is 19.0 Å². The molecular weight excluding hydrogens is 392 g/mol. The molecule has 0 aliphatic heterocycles. The fourth-order valence-electron chi connectivity index (χ4n) is 3.38. The summed E-state index contributed by atoms with van der Waals surface area (Å²) in [5, 5.41) is 8.05. The minimum Gasteiger partial charge on any atom is -0.337 e. The number of nitrogens with zero attached hydrogens (tertiary/aromatic N) is 6. The first-order chi connectivity index (χ1) is 15.2. The van der Waals surface area contributed by atoms with Crippen molar-refractivity contribution in [3.63, 3.8) is 0 Å². The van der Waals surface area contributed by atoms with E-state index in [1.54, 1.807) is 18.6 Å². The highest BCUT2D eigenvalue weighted by Gasteiger charge is 2.16. The molecule has 5 aromatic rings. The lowest BCUT2D eigenvalue weighted by Crippen LogP contribution is -2.02. The molecule has 9 nitrogen and oxygen atoms in total. The summed E-state index contributed by atoms with van der Waals surface area (Å²) < 4.78 is 0. The van der Waals surface area contributed by atoms with Crippen molar-refractivity contribution in [2.45, 2.75) is 19.8 Å². The SMILES string of the molecule is [C-]#[N+]c1cncc2[nH]c(-c3[nH]nc4ncc(-c5ccc(CC(=O)CC)nc5)cc34)nc12. The average molecular weight is 408 g/mol. The largest absolute Gasteiger partial charge is 0.337 e. The Morgan fingerprint density at radius 3 is 2.77 bits per heavy atom. The fraction of sp³-hybridized carbons (Fsp3) is 0.136. The zero-order valence-corrected chi connectivity index (χ0v) is 16.5. The zero-order valence-electron chi connectivity index (χ0n) is 16.5. The van der Waals surface area contributed by atoms with Gasteiger partial charge in [0, 0.05) is 54.4 Å². The Kier molecular flexibility index (Phi) is 4.45. The summed E-state index contributed by atoms with van der Waals surface area (Å²) in [5.74, 6) is 0.717. The van der Waals surface area contributed by atoms with Crippen molar-refractivity contribution in [3.8, 4) is 22.6 Å². The molecule has 5 rings (SSSR count). The molecule has 150 valence electrons. The maximum absolute atomic E-state index is 11.6. The summed E-state index contributed by atoms with van der Waals surface area (Å²) >= 11 is 0. The van der Waals surface area contributed by atoms with Crippen LogP contribution >= 0.6 is 0 Å². The molecule has 31 heavy (non-hydrogen) atoms. The molecule has 0 fully saturated rings. The van der Waals surface area contributed by atoms with Crippen LogP contribution in [0, 0.1) is 6.57 Å². The van der Waals surface area contributed by atoms with Gasteiger partial charge in [-0.05, 0) is 12.1 Å². The smallest absolute Gasteiger partial charge is 0.232 e. The highest BCUT2D eigenvalue weighted by molar-refractivity contribution is 5.95. The van der Waals surface area contributed by atoms with Crippen molar-refractivity contribution < 1.29 is 4.79 Å². The van der Waals surface area contributed by atoms with E-state index in [1.165, 1.54) is 6.20 Å². The number of imidazole rings is 1. The minimum atomic E-state index is 0.161. The van der Waals surface area contributed by atoms with Gasteiger partial charge in [0.25, 0.3) is 0 Å². The number of Topliss-reactive ketones (excluding diaryl/α,β-unsaturated/α-hetero) is 1. The summed E-state index contributed by atoms with van der Waals surface area (Å²) in [6.07, 6.45) is 7.46. The normalized spacial score (nSPS) is 11.1. The zero-order chi connectivity index (χ0) is 21.4. The van der Waals surface area contributed by atoms with Gasteiger partial charge < -0.3 is 4.98 Å². The Hall–Kier alpha value is -4.45. The molecule has 0 unspecified atom stereocenters. The lowest BCUT2D eigenvalue weighted by molar-refractivity contribution is -0.118. The van der Waals surface area contributed by atoms with Gasteiger partial charge in [0.05, 0.1) is 23.0 Å². The van der Waals surface area contributed by atoms with E-state index in [0.717, 1.165) is 22.2 Å². The summed E-state index contributed by atoms with van der Waals surface area (Å²) in [7, 11) is 0. The molecule has 0 aliphatic carbocycles. The van der Waals surface area contributed by atoms with Gasteiger partial charge in [-0.15, -0.1) is 0 Å². The van der Waals surface area contributed by atoms with Crippen LogP contribution in [-0.2, 0) is 11.2 Å². The van der Waals surface area contributed by atoms with Gasteiger partial charge in [-0.2, -0.15) is 5.10 Å². The third-order valence-corrected chi connectivity index (χ3v) is 5.07. The first-order valence-corrected chi connectivity index (χ1v) is 9.69. The fourth-order valence-corrected chi connectivity index (χ4v) is 3.38. The standard InChI is InChI=1S/C22H16N8O/c1-3-15(31)7-14-5-4-12(8-25-14)13-6-16-19(29-30-21(16)26-9-13)22-27-18-11-24-10-17(23-2)20(18)28-22/h4-6,8-11H,3,7H2,1H3,(H,27,28)(H,26,29,30). The van der Waals surface area contributed by atoms with E-state index in [4.69, 9.17) is 6.57 Å². The Labute approximate surface area is 176 Å². The van der Waals surface area contributed by atoms with Gasteiger partial charge in [-0.3, -0.25) is 19.9 Å². The molecule has 0 aliphatic rings. The van der Waals surface area contributed by atoms with Crippen molar-refractivity contribution in [2.75, 3.05) is 0 Å². The van der Waals surface area contributed by atoms with Gasteiger partial charge in [0.1, 0.15) is 11.5 Å². The lowest BCUT2D eigenvalue weighted by Gasteiger charge is -2.03. The molecule has 0 aromatic carbocycles. The number of aromatic nitrogens is 7. The Morgan fingerprint density at radius 1 is 1.13 bits per heavy atom. The molecule has 0 saturated heterocycles. The number of nitrogens with one attached hydrogen (secondary N) is 2. The molecule has 0 radical (unpaired) electrons. The summed E-state index contributed by atoms with van der Waals surface area (Å²) in [6, 6.07) is 5.76. The van der Waals surface area contributed by atoms with E-state index in [0.29, 0.717) is 46.7 Å². The van der Waals surface area contributed by atoms with Gasteiger partial charge in [0.15, 0.2) is 11.5 Å². The first kappa shape index (κ1) is 18.6. The molecule has 5 heterocycles. The molecular formula is C22H16N8O. The van der Waals surface area contributed by atoms with E-state index in [9.17, 15) is 4.79 Å². The second kappa shape index (κ2) is 7.42. The van der Waals surface area contributed by atoms with Crippen LogP contribution in [0.2, 0.25) is 0 Å². The number of rotatable bonds is 5. The van der Waals surface area contributed by atoms with Gasteiger partial charge in [-0.25, -0.2) is 14.8 Å². The summed E-state index contributed by atoms with van der Waals surface area (Å²) in [6.45, 7) is 9.15. The van der Waals surface area contributed by atoms with E-state index in [1.807, 2.05) is 25.1 Å². The third-order valence-electron chi connectivity index (χ3n) is 5.07. The number of pyridine rings is 3. The number of carbonyl (C=O) groups is 1. The van der Waals surface area contributed by atoms with E-state index in [2.05, 4.69) is 40.0 Å². The highest BCUT2D eigenvalue weighted by Crippen LogP contribution is 2.31. The number of carbonyl (C=O) groups excluding carboxylic acids is 1. The molecule has 0 saturated carbocycles. The molecule has 2 N–H and O–H groups in total. The van der Waals surface area contributed by atoms with Gasteiger partial charge in [0.2, 0.25) is 5.69 Å². The van der Waals surface area contributed by atoms with Gasteiger partial charge >= 0.3 is 0 Å². The summed E-state index contributed by atoms with van der Waals surface area (Å²) in [4.78, 5) is 35.8. The third kappa shape index (κ3) is 3.30. The van der Waals surface area contributed by atoms with Crippen LogP contribution in [-0.4, -0.2) is 40.9 Å². The number of H-pyrrole nitrogens is 2. The van der Waals surface area contributed by atoms with Crippen LogP contribution in [0.3, 0.4) is 0 Å². The Bertz CT molecular complexity index is 1470. The Morgan fingerprint density at radius 2 is 2.00 bits per heavy atom. The van der Waals surface area contributed by atoms with E-state index < -0.39 is 0 Å². The van der Waals surface area contributed by atoms with Gasteiger partial charge in [-0.1, -0.05) is 13.0 Å². The van der Waals surface area contributed by atoms with Crippen molar-refractivity contribution in [2.24, 2.45) is 0 Å². The summed E-state index contributed by atoms with van der Waals surface area (Å²) in [5.41, 5.74) is 5.37. The molecule has 0 bridgehead atoms. The highest BCUT2D eigenvalue weighted by atomic mass is 16.1. The Balaban J connectivity index is 1.55. The van der Waals surface area contributed by atoms with Crippen LogP contribution in [0.5, 0.6) is 0 Å². The minimum absolute atomic E-state index is 0.161. The maximum Gasteiger partial charge on any atom is 0.232 e. The van der Waals surface area contributed by atoms with Crippen molar-refractivity contribution >= 4 is 33.5 Å². The lowest BCUT2D eigenvalue weighted by atomic mass is 10.1.